The molecule has 1 nitrogen and oxygen atoms in total. The molecule has 0 aliphatic carbocycles. The maximum Gasteiger partial charge on any atom is 0.136 e. The average Bonchev–Trinajstić information content (AvgIpc) is 2.01. The minimum Gasteiger partial charge on any atom is -0.299 e. The normalized spacial score (nSPS) is 10.0. The third-order valence-corrected chi connectivity index (χ3v) is 1.83. The average molecular weight is 173 g/mol. The second-order valence-corrected chi connectivity index (χ2v) is 3.09. The first kappa shape index (κ1) is 11.0. The number of hydrogen-bond acceptors (Lipinski definition) is 2. The van der Waals surface area contributed by atoms with Gasteiger partial charge in [0.2, 0.25) is 0 Å². The van der Waals surface area contributed by atoms with Gasteiger partial charge in [-0.15, -0.1) is 0 Å². The minimum absolute atomic E-state index is 0.300. The van der Waals surface area contributed by atoms with Crippen LogP contribution in [0.5, 0.6) is 0 Å². The van der Waals surface area contributed by atoms with Gasteiger partial charge in [-0.25, -0.2) is 0 Å². The summed E-state index contributed by atoms with van der Waals surface area (Å²) in [5.74, 6) is 1.17. The minimum atomic E-state index is 0.300. The summed E-state index contributed by atoms with van der Waals surface area (Å²) in [7, 11) is 0. The molecule has 1 radical (unpaired) electrons. The van der Waals surface area contributed by atoms with E-state index in [0.29, 0.717) is 5.78 Å². The van der Waals surface area contributed by atoms with Crippen LogP contribution in [-0.4, -0.2) is 11.5 Å². The van der Waals surface area contributed by atoms with Crippen LogP contribution in [0.4, 0.5) is 0 Å². The van der Waals surface area contributed by atoms with E-state index in [2.05, 4.69) is 19.6 Å². The lowest BCUT2D eigenvalue weighted by atomic mass is 10.1. The molecule has 0 aromatic rings. The predicted octanol–water partition coefficient (Wildman–Crippen LogP) is 2.66. The van der Waals surface area contributed by atoms with Gasteiger partial charge >= 0.3 is 0 Å². The maximum atomic E-state index is 11.0. The first-order chi connectivity index (χ1) is 5.31. The number of rotatable bonds is 7. The Kier molecular flexibility index (Phi) is 8.13. The van der Waals surface area contributed by atoms with Crippen LogP contribution in [0.2, 0.25) is 0 Å². The molecule has 0 bridgehead atoms. The summed E-state index contributed by atoms with van der Waals surface area (Å²) in [5.41, 5.74) is 0. The number of carbonyl (C=O) groups is 1. The van der Waals surface area contributed by atoms with E-state index < -0.39 is 0 Å². The van der Waals surface area contributed by atoms with Crippen LogP contribution in [-0.2, 0) is 4.79 Å². The van der Waals surface area contributed by atoms with E-state index in [1.165, 1.54) is 0 Å². The molecule has 0 aliphatic rings. The van der Waals surface area contributed by atoms with E-state index in [-0.39, 0.29) is 0 Å². The molecule has 0 saturated heterocycles. The highest BCUT2D eigenvalue weighted by Gasteiger charge is 1.99. The van der Waals surface area contributed by atoms with Crippen LogP contribution < -0.4 is 0 Å². The maximum absolute atomic E-state index is 11.0. The fraction of sp³-hybridized carbons (Fsp3) is 0.778. The molecule has 0 N–H and O–H groups in total. The van der Waals surface area contributed by atoms with E-state index in [1.54, 1.807) is 6.42 Å². The second-order valence-electron chi connectivity index (χ2n) is 2.64. The van der Waals surface area contributed by atoms with Gasteiger partial charge in [-0.2, -0.15) is 12.6 Å². The Morgan fingerprint density at radius 1 is 1.45 bits per heavy atom. The fourth-order valence-corrected chi connectivity index (χ4v) is 0.990. The Labute approximate surface area is 75.0 Å². The molecule has 0 unspecified atom stereocenters. The third-order valence-electron chi connectivity index (χ3n) is 1.51. The van der Waals surface area contributed by atoms with Gasteiger partial charge in [-0.3, -0.25) is 4.79 Å². The van der Waals surface area contributed by atoms with Crippen molar-refractivity contribution in [3.63, 3.8) is 0 Å². The summed E-state index contributed by atoms with van der Waals surface area (Å²) in [4.78, 5) is 11.0. The Balaban J connectivity index is 3.09. The van der Waals surface area contributed by atoms with E-state index in [4.69, 9.17) is 0 Å². The van der Waals surface area contributed by atoms with Crippen LogP contribution in [0.25, 0.3) is 0 Å². The van der Waals surface area contributed by atoms with Crippen LogP contribution in [0.15, 0.2) is 0 Å². The summed E-state index contributed by atoms with van der Waals surface area (Å²) in [6, 6.07) is 0. The van der Waals surface area contributed by atoms with Gasteiger partial charge < -0.3 is 0 Å². The van der Waals surface area contributed by atoms with Crippen molar-refractivity contribution in [3.05, 3.63) is 6.42 Å². The first-order valence-corrected chi connectivity index (χ1v) is 4.91. The molecule has 0 heterocycles. The van der Waals surface area contributed by atoms with Crippen molar-refractivity contribution in [2.45, 2.75) is 39.0 Å². The fourth-order valence-electron chi connectivity index (χ4n) is 0.807. The summed E-state index contributed by atoms with van der Waals surface area (Å²) < 4.78 is 0. The Morgan fingerprint density at radius 3 is 2.73 bits per heavy atom. The third kappa shape index (κ3) is 7.92. The SMILES string of the molecule is CCCCC(=O)[CH]CCCS. The van der Waals surface area contributed by atoms with Gasteiger partial charge in [-0.1, -0.05) is 13.3 Å². The zero-order chi connectivity index (χ0) is 8.53. The van der Waals surface area contributed by atoms with Crippen molar-refractivity contribution in [2.24, 2.45) is 0 Å². The van der Waals surface area contributed by atoms with Crippen LogP contribution in [0.1, 0.15) is 39.0 Å². The first-order valence-electron chi connectivity index (χ1n) is 4.28. The smallest absolute Gasteiger partial charge is 0.136 e. The lowest BCUT2D eigenvalue weighted by Crippen LogP contribution is -1.98. The lowest BCUT2D eigenvalue weighted by Gasteiger charge is -1.97. The van der Waals surface area contributed by atoms with Gasteiger partial charge in [0.15, 0.2) is 0 Å². The van der Waals surface area contributed by atoms with E-state index in [0.717, 1.165) is 37.9 Å². The molecular formula is C9H17OS. The molecule has 0 fully saturated rings. The standard InChI is InChI=1S/C9H17OS/c1-2-3-6-9(10)7-4-5-8-11/h7,11H,2-6,8H2,1H3. The monoisotopic (exact) mass is 173 g/mol. The van der Waals surface area contributed by atoms with Crippen LogP contribution >= 0.6 is 12.6 Å². The lowest BCUT2D eigenvalue weighted by molar-refractivity contribution is -0.116. The second kappa shape index (κ2) is 8.12. The van der Waals surface area contributed by atoms with Crippen LogP contribution in [0.3, 0.4) is 0 Å². The number of unbranched alkanes of at least 4 members (excludes halogenated alkanes) is 2. The van der Waals surface area contributed by atoms with Crippen molar-refractivity contribution in [1.82, 2.24) is 0 Å². The number of thiol groups is 1. The largest absolute Gasteiger partial charge is 0.299 e. The molecule has 0 aromatic carbocycles. The quantitative estimate of drug-likeness (QED) is 0.462. The van der Waals surface area contributed by atoms with Crippen molar-refractivity contribution < 1.29 is 4.79 Å². The zero-order valence-electron chi connectivity index (χ0n) is 7.18. The summed E-state index contributed by atoms with van der Waals surface area (Å²) in [6.07, 6.45) is 6.56. The summed E-state index contributed by atoms with van der Waals surface area (Å²) in [5, 5.41) is 0. The molecule has 65 valence electrons. The molecule has 0 aromatic heterocycles. The molecule has 0 atom stereocenters. The highest BCUT2D eigenvalue weighted by Crippen LogP contribution is 2.02. The van der Waals surface area contributed by atoms with Gasteiger partial charge in [-0.05, 0) is 25.0 Å². The van der Waals surface area contributed by atoms with Gasteiger partial charge in [0.05, 0.1) is 0 Å². The summed E-state index contributed by atoms with van der Waals surface area (Å²) in [6.45, 7) is 2.10. The van der Waals surface area contributed by atoms with Crippen LogP contribution in [0, 0.1) is 6.42 Å². The van der Waals surface area contributed by atoms with Crippen molar-refractivity contribution in [3.8, 4) is 0 Å². The van der Waals surface area contributed by atoms with E-state index in [1.807, 2.05) is 0 Å². The van der Waals surface area contributed by atoms with E-state index >= 15 is 0 Å². The predicted molar refractivity (Wildman–Crippen MR) is 51.9 cm³/mol. The molecule has 0 spiro atoms. The van der Waals surface area contributed by atoms with Gasteiger partial charge in [0.1, 0.15) is 5.78 Å². The molecule has 2 heteroatoms. The molecule has 0 aliphatic heterocycles. The Bertz CT molecular complexity index is 102. The molecule has 0 saturated carbocycles. The molecule has 0 rings (SSSR count). The Morgan fingerprint density at radius 2 is 2.18 bits per heavy atom. The number of Topliss-reactive ketones (excluding diaryl/α,β-unsaturated/α-hetero) is 1. The highest BCUT2D eigenvalue weighted by atomic mass is 32.1. The van der Waals surface area contributed by atoms with Crippen molar-refractivity contribution in [1.29, 1.82) is 0 Å². The summed E-state index contributed by atoms with van der Waals surface area (Å²) >= 11 is 4.06. The number of carbonyl (C=O) groups excluding carboxylic acids is 1. The number of ketones is 1. The number of hydrogen-bond donors (Lipinski definition) is 1. The molecular weight excluding hydrogens is 156 g/mol. The van der Waals surface area contributed by atoms with Crippen molar-refractivity contribution in [2.75, 3.05) is 5.75 Å². The zero-order valence-corrected chi connectivity index (χ0v) is 8.07. The molecule has 0 amide bonds. The topological polar surface area (TPSA) is 17.1 Å². The van der Waals surface area contributed by atoms with Crippen molar-refractivity contribution >= 4 is 18.4 Å². The van der Waals surface area contributed by atoms with Gasteiger partial charge in [0.25, 0.3) is 0 Å². The Hall–Kier alpha value is 0.0200. The van der Waals surface area contributed by atoms with E-state index in [9.17, 15) is 4.79 Å². The highest BCUT2D eigenvalue weighted by molar-refractivity contribution is 7.80. The molecule has 11 heavy (non-hydrogen) atoms. The van der Waals surface area contributed by atoms with Gasteiger partial charge in [0, 0.05) is 12.8 Å².